The molecule has 4 nitrogen and oxygen atoms in total. The summed E-state index contributed by atoms with van der Waals surface area (Å²) in [7, 11) is 0. The van der Waals surface area contributed by atoms with Crippen molar-refractivity contribution in [2.45, 2.75) is 32.4 Å². The lowest BCUT2D eigenvalue weighted by molar-refractivity contribution is 0.646. The molecule has 1 unspecified atom stereocenters. The molecule has 0 bridgehead atoms. The molecular formula is C9H14N4. The summed E-state index contributed by atoms with van der Waals surface area (Å²) in [5.74, 6) is 0.982. The molecule has 0 saturated heterocycles. The molecule has 0 aromatic carbocycles. The van der Waals surface area contributed by atoms with Gasteiger partial charge in [0.2, 0.25) is 0 Å². The SMILES string of the molecule is CCn1ncnc1C1=CC(N)CC1. The lowest BCUT2D eigenvalue weighted by Crippen LogP contribution is -2.11. The van der Waals surface area contributed by atoms with Crippen LogP contribution in [-0.2, 0) is 6.54 Å². The van der Waals surface area contributed by atoms with Gasteiger partial charge in [0.25, 0.3) is 0 Å². The van der Waals surface area contributed by atoms with E-state index in [1.54, 1.807) is 6.33 Å². The first kappa shape index (κ1) is 8.44. The minimum Gasteiger partial charge on any atom is -0.324 e. The van der Waals surface area contributed by atoms with Gasteiger partial charge in [-0.1, -0.05) is 6.08 Å². The molecule has 1 aliphatic rings. The average molecular weight is 178 g/mol. The minimum atomic E-state index is 0.206. The van der Waals surface area contributed by atoms with Gasteiger partial charge in [-0.2, -0.15) is 5.10 Å². The van der Waals surface area contributed by atoms with Gasteiger partial charge in [0.05, 0.1) is 0 Å². The van der Waals surface area contributed by atoms with Crippen molar-refractivity contribution in [1.29, 1.82) is 0 Å². The first-order valence-corrected chi connectivity index (χ1v) is 4.65. The van der Waals surface area contributed by atoms with E-state index in [9.17, 15) is 0 Å². The third-order valence-electron chi connectivity index (χ3n) is 2.36. The van der Waals surface area contributed by atoms with E-state index in [1.807, 2.05) is 4.68 Å². The Bertz CT molecular complexity index is 326. The fourth-order valence-corrected chi connectivity index (χ4v) is 1.68. The zero-order valence-corrected chi connectivity index (χ0v) is 7.77. The third kappa shape index (κ3) is 1.49. The third-order valence-corrected chi connectivity index (χ3v) is 2.36. The van der Waals surface area contributed by atoms with Gasteiger partial charge in [0, 0.05) is 12.6 Å². The van der Waals surface area contributed by atoms with Crippen molar-refractivity contribution >= 4 is 5.57 Å². The van der Waals surface area contributed by atoms with E-state index in [-0.39, 0.29) is 6.04 Å². The number of aryl methyl sites for hydroxylation is 1. The van der Waals surface area contributed by atoms with Crippen LogP contribution in [0.15, 0.2) is 12.4 Å². The van der Waals surface area contributed by atoms with Crippen molar-refractivity contribution in [2.75, 3.05) is 0 Å². The highest BCUT2D eigenvalue weighted by Gasteiger charge is 2.16. The molecule has 2 N–H and O–H groups in total. The van der Waals surface area contributed by atoms with E-state index < -0.39 is 0 Å². The fraction of sp³-hybridized carbons (Fsp3) is 0.556. The molecule has 1 heterocycles. The largest absolute Gasteiger partial charge is 0.324 e. The van der Waals surface area contributed by atoms with Crippen LogP contribution >= 0.6 is 0 Å². The minimum absolute atomic E-state index is 0.206. The summed E-state index contributed by atoms with van der Waals surface area (Å²) < 4.78 is 1.91. The molecular weight excluding hydrogens is 164 g/mol. The Kier molecular flexibility index (Phi) is 2.14. The van der Waals surface area contributed by atoms with E-state index in [4.69, 9.17) is 5.73 Å². The van der Waals surface area contributed by atoms with Crippen LogP contribution in [-0.4, -0.2) is 20.8 Å². The van der Waals surface area contributed by atoms with E-state index in [0.717, 1.165) is 25.2 Å². The van der Waals surface area contributed by atoms with Gasteiger partial charge < -0.3 is 5.73 Å². The van der Waals surface area contributed by atoms with Crippen LogP contribution in [0, 0.1) is 0 Å². The number of hydrogen-bond donors (Lipinski definition) is 1. The van der Waals surface area contributed by atoms with Crippen LogP contribution in [0.25, 0.3) is 5.57 Å². The Labute approximate surface area is 77.5 Å². The van der Waals surface area contributed by atoms with Gasteiger partial charge in [0.1, 0.15) is 6.33 Å². The van der Waals surface area contributed by atoms with Crippen molar-refractivity contribution in [1.82, 2.24) is 14.8 Å². The second-order valence-corrected chi connectivity index (χ2v) is 3.29. The van der Waals surface area contributed by atoms with E-state index in [0.29, 0.717) is 0 Å². The molecule has 1 aromatic rings. The van der Waals surface area contributed by atoms with Crippen molar-refractivity contribution in [3.05, 3.63) is 18.2 Å². The summed E-state index contributed by atoms with van der Waals surface area (Å²) in [4.78, 5) is 4.23. The summed E-state index contributed by atoms with van der Waals surface area (Å²) in [6.07, 6.45) is 5.76. The summed E-state index contributed by atoms with van der Waals surface area (Å²) in [6.45, 7) is 2.93. The smallest absolute Gasteiger partial charge is 0.153 e. The molecule has 0 amide bonds. The second-order valence-electron chi connectivity index (χ2n) is 3.29. The highest BCUT2D eigenvalue weighted by atomic mass is 15.3. The van der Waals surface area contributed by atoms with Crippen LogP contribution in [0.5, 0.6) is 0 Å². The van der Waals surface area contributed by atoms with Crippen LogP contribution in [0.2, 0.25) is 0 Å². The van der Waals surface area contributed by atoms with Crippen LogP contribution in [0.1, 0.15) is 25.6 Å². The Morgan fingerprint density at radius 1 is 1.69 bits per heavy atom. The molecule has 13 heavy (non-hydrogen) atoms. The quantitative estimate of drug-likeness (QED) is 0.728. The Balaban J connectivity index is 2.30. The highest BCUT2D eigenvalue weighted by Crippen LogP contribution is 2.25. The topological polar surface area (TPSA) is 56.7 Å². The van der Waals surface area contributed by atoms with Gasteiger partial charge >= 0.3 is 0 Å². The molecule has 0 aliphatic heterocycles. The van der Waals surface area contributed by atoms with E-state index >= 15 is 0 Å². The summed E-state index contributed by atoms with van der Waals surface area (Å²) in [6, 6.07) is 0.206. The standard InChI is InChI=1S/C9H14N4/c1-2-13-9(11-6-12-13)7-3-4-8(10)5-7/h5-6,8H,2-4,10H2,1H3. The van der Waals surface area contributed by atoms with Crippen molar-refractivity contribution in [2.24, 2.45) is 5.73 Å². The zero-order chi connectivity index (χ0) is 9.26. The first-order valence-electron chi connectivity index (χ1n) is 4.65. The van der Waals surface area contributed by atoms with Gasteiger partial charge in [-0.15, -0.1) is 0 Å². The maximum absolute atomic E-state index is 5.79. The normalized spacial score (nSPS) is 22.0. The summed E-state index contributed by atoms with van der Waals surface area (Å²) in [5.41, 5.74) is 7.03. The maximum Gasteiger partial charge on any atom is 0.153 e. The number of hydrogen-bond acceptors (Lipinski definition) is 3. The number of rotatable bonds is 2. The average Bonchev–Trinajstić information content (AvgIpc) is 2.71. The lowest BCUT2D eigenvalue weighted by atomic mass is 10.2. The molecule has 0 radical (unpaired) electrons. The first-order chi connectivity index (χ1) is 6.31. The van der Waals surface area contributed by atoms with Gasteiger partial charge in [0.15, 0.2) is 5.82 Å². The molecule has 4 heteroatoms. The predicted octanol–water partition coefficient (Wildman–Crippen LogP) is 0.802. The fourth-order valence-electron chi connectivity index (χ4n) is 1.68. The van der Waals surface area contributed by atoms with Gasteiger partial charge in [-0.3, -0.25) is 0 Å². The van der Waals surface area contributed by atoms with Crippen molar-refractivity contribution in [3.8, 4) is 0 Å². The predicted molar refractivity (Wildman–Crippen MR) is 50.9 cm³/mol. The number of aromatic nitrogens is 3. The lowest BCUT2D eigenvalue weighted by Gasteiger charge is -2.01. The number of nitrogens with two attached hydrogens (primary N) is 1. The van der Waals surface area contributed by atoms with Crippen molar-refractivity contribution in [3.63, 3.8) is 0 Å². The molecule has 1 atom stereocenters. The second kappa shape index (κ2) is 3.30. The van der Waals surface area contributed by atoms with E-state index in [1.165, 1.54) is 5.57 Å². The Morgan fingerprint density at radius 2 is 2.54 bits per heavy atom. The number of nitrogens with zero attached hydrogens (tertiary/aromatic N) is 3. The molecule has 70 valence electrons. The highest BCUT2D eigenvalue weighted by molar-refractivity contribution is 5.62. The van der Waals surface area contributed by atoms with Crippen molar-refractivity contribution < 1.29 is 0 Å². The maximum atomic E-state index is 5.79. The number of allylic oxidation sites excluding steroid dienone is 1. The molecule has 0 saturated carbocycles. The van der Waals surface area contributed by atoms with Gasteiger partial charge in [-0.05, 0) is 25.3 Å². The molecule has 1 aromatic heterocycles. The summed E-state index contributed by atoms with van der Waals surface area (Å²) in [5, 5.41) is 4.13. The Morgan fingerprint density at radius 3 is 3.15 bits per heavy atom. The molecule has 0 fully saturated rings. The monoisotopic (exact) mass is 178 g/mol. The van der Waals surface area contributed by atoms with Crippen LogP contribution < -0.4 is 5.73 Å². The molecule has 0 spiro atoms. The molecule has 2 rings (SSSR count). The zero-order valence-electron chi connectivity index (χ0n) is 7.77. The van der Waals surface area contributed by atoms with E-state index in [2.05, 4.69) is 23.1 Å². The molecule has 1 aliphatic carbocycles. The van der Waals surface area contributed by atoms with Gasteiger partial charge in [-0.25, -0.2) is 9.67 Å². The summed E-state index contributed by atoms with van der Waals surface area (Å²) >= 11 is 0. The van der Waals surface area contributed by atoms with Crippen LogP contribution in [0.3, 0.4) is 0 Å². The Hall–Kier alpha value is -1.16. The van der Waals surface area contributed by atoms with Crippen LogP contribution in [0.4, 0.5) is 0 Å².